The summed E-state index contributed by atoms with van der Waals surface area (Å²) >= 11 is 0. The first-order chi connectivity index (χ1) is 9.29. The smallest absolute Gasteiger partial charge is 0.117 e. The van der Waals surface area contributed by atoms with Crippen molar-refractivity contribution in [1.29, 1.82) is 0 Å². The van der Waals surface area contributed by atoms with Gasteiger partial charge in [0.05, 0.1) is 6.54 Å². The Balaban J connectivity index is 1.33. The molecule has 2 bridgehead atoms. The predicted octanol–water partition coefficient (Wildman–Crippen LogP) is 2.59. The Bertz CT molecular complexity index is 447. The molecule has 0 radical (unpaired) electrons. The molecule has 5 rings (SSSR count). The molecule has 0 spiro atoms. The van der Waals surface area contributed by atoms with Crippen LogP contribution in [-0.2, 0) is 6.54 Å². The molecular formula is C16H24N2O. The predicted molar refractivity (Wildman–Crippen MR) is 75.0 cm³/mol. The van der Waals surface area contributed by atoms with Gasteiger partial charge in [-0.25, -0.2) is 0 Å². The first-order valence-corrected chi connectivity index (χ1v) is 7.84. The standard InChI is InChI=1S/C16H24N2O/c1-11-8-14(11)16-3-2-13(19-16)9-17-15-10-18-6-4-12(15)5-7-18/h2-3,11-12,14-15,17H,4-10H2,1H3. The van der Waals surface area contributed by atoms with Crippen LogP contribution in [-0.4, -0.2) is 30.6 Å². The molecule has 4 heterocycles. The summed E-state index contributed by atoms with van der Waals surface area (Å²) in [5.74, 6) is 4.74. The monoisotopic (exact) mass is 260 g/mol. The van der Waals surface area contributed by atoms with E-state index in [1.54, 1.807) is 0 Å². The fourth-order valence-corrected chi connectivity index (χ4v) is 3.84. The number of hydrogen-bond donors (Lipinski definition) is 1. The lowest BCUT2D eigenvalue weighted by Gasteiger charge is -2.45. The molecule has 3 aliphatic heterocycles. The van der Waals surface area contributed by atoms with Gasteiger partial charge in [-0.3, -0.25) is 0 Å². The maximum absolute atomic E-state index is 5.97. The van der Waals surface area contributed by atoms with Crippen molar-refractivity contribution in [1.82, 2.24) is 10.2 Å². The Hall–Kier alpha value is -0.800. The molecule has 0 amide bonds. The molecule has 3 saturated heterocycles. The summed E-state index contributed by atoms with van der Waals surface area (Å²) in [6.07, 6.45) is 4.06. The summed E-state index contributed by atoms with van der Waals surface area (Å²) < 4.78 is 5.97. The highest BCUT2D eigenvalue weighted by Gasteiger charge is 2.37. The van der Waals surface area contributed by atoms with Gasteiger partial charge < -0.3 is 14.6 Å². The van der Waals surface area contributed by atoms with E-state index in [4.69, 9.17) is 4.42 Å². The van der Waals surface area contributed by atoms with E-state index in [9.17, 15) is 0 Å². The first kappa shape index (κ1) is 12.0. The number of nitrogens with zero attached hydrogens (tertiary/aromatic N) is 1. The van der Waals surface area contributed by atoms with Gasteiger partial charge in [-0.05, 0) is 56.3 Å². The fraction of sp³-hybridized carbons (Fsp3) is 0.750. The van der Waals surface area contributed by atoms with Crippen LogP contribution in [0.2, 0.25) is 0 Å². The zero-order chi connectivity index (χ0) is 12.8. The largest absolute Gasteiger partial charge is 0.464 e. The lowest BCUT2D eigenvalue weighted by molar-refractivity contribution is 0.0711. The molecule has 1 aliphatic carbocycles. The Morgan fingerprint density at radius 2 is 2.11 bits per heavy atom. The SMILES string of the molecule is CC1CC1c1ccc(CNC2CN3CCC2CC3)o1. The molecule has 1 saturated carbocycles. The van der Waals surface area contributed by atoms with Crippen LogP contribution in [0.4, 0.5) is 0 Å². The second-order valence-electron chi connectivity index (χ2n) is 6.75. The minimum Gasteiger partial charge on any atom is -0.464 e. The third-order valence-electron chi connectivity index (χ3n) is 5.35. The number of hydrogen-bond acceptors (Lipinski definition) is 3. The third-order valence-corrected chi connectivity index (χ3v) is 5.35. The van der Waals surface area contributed by atoms with Crippen molar-refractivity contribution in [3.8, 4) is 0 Å². The van der Waals surface area contributed by atoms with Crippen LogP contribution >= 0.6 is 0 Å². The van der Waals surface area contributed by atoms with Crippen LogP contribution in [0.5, 0.6) is 0 Å². The molecule has 3 atom stereocenters. The number of furan rings is 1. The highest BCUT2D eigenvalue weighted by molar-refractivity contribution is 5.17. The second kappa shape index (κ2) is 4.64. The highest BCUT2D eigenvalue weighted by atomic mass is 16.3. The number of rotatable bonds is 4. The molecule has 3 heteroatoms. The van der Waals surface area contributed by atoms with Gasteiger partial charge in [-0.15, -0.1) is 0 Å². The number of nitrogens with one attached hydrogen (secondary N) is 1. The summed E-state index contributed by atoms with van der Waals surface area (Å²) in [6, 6.07) is 5.02. The van der Waals surface area contributed by atoms with Crippen LogP contribution < -0.4 is 5.32 Å². The van der Waals surface area contributed by atoms with Gasteiger partial charge in [0.15, 0.2) is 0 Å². The van der Waals surface area contributed by atoms with E-state index in [1.807, 2.05) is 0 Å². The van der Waals surface area contributed by atoms with Crippen LogP contribution in [0.3, 0.4) is 0 Å². The Kier molecular flexibility index (Phi) is 2.92. The van der Waals surface area contributed by atoms with Crippen LogP contribution in [0, 0.1) is 11.8 Å². The molecule has 3 nitrogen and oxygen atoms in total. The number of fused-ring (bicyclic) bond motifs is 3. The van der Waals surface area contributed by atoms with E-state index >= 15 is 0 Å². The number of piperidine rings is 3. The van der Waals surface area contributed by atoms with Crippen molar-refractivity contribution in [3.63, 3.8) is 0 Å². The van der Waals surface area contributed by atoms with E-state index in [2.05, 4.69) is 29.3 Å². The zero-order valence-corrected chi connectivity index (χ0v) is 11.8. The normalized spacial score (nSPS) is 40.6. The summed E-state index contributed by atoms with van der Waals surface area (Å²) in [7, 11) is 0. The van der Waals surface area contributed by atoms with Crippen molar-refractivity contribution >= 4 is 0 Å². The van der Waals surface area contributed by atoms with Gasteiger partial charge in [0, 0.05) is 18.5 Å². The Morgan fingerprint density at radius 3 is 2.74 bits per heavy atom. The van der Waals surface area contributed by atoms with Gasteiger partial charge in [0.25, 0.3) is 0 Å². The molecule has 0 aromatic carbocycles. The van der Waals surface area contributed by atoms with Crippen molar-refractivity contribution in [2.75, 3.05) is 19.6 Å². The highest BCUT2D eigenvalue weighted by Crippen LogP contribution is 2.47. The molecule has 1 aromatic rings. The van der Waals surface area contributed by atoms with Crippen molar-refractivity contribution < 1.29 is 4.42 Å². The van der Waals surface area contributed by atoms with Gasteiger partial charge in [0.1, 0.15) is 11.5 Å². The lowest BCUT2D eigenvalue weighted by Crippen LogP contribution is -2.55. The Morgan fingerprint density at radius 1 is 1.32 bits per heavy atom. The molecule has 104 valence electrons. The van der Waals surface area contributed by atoms with E-state index < -0.39 is 0 Å². The Labute approximate surface area is 115 Å². The van der Waals surface area contributed by atoms with Gasteiger partial charge in [-0.2, -0.15) is 0 Å². The third kappa shape index (κ3) is 2.34. The zero-order valence-electron chi connectivity index (χ0n) is 11.8. The fourth-order valence-electron chi connectivity index (χ4n) is 3.84. The summed E-state index contributed by atoms with van der Waals surface area (Å²) in [6.45, 7) is 7.06. The quantitative estimate of drug-likeness (QED) is 0.902. The minimum atomic E-state index is 0.677. The average Bonchev–Trinajstić information content (AvgIpc) is 3.01. The summed E-state index contributed by atoms with van der Waals surface area (Å²) in [4.78, 5) is 2.59. The van der Waals surface area contributed by atoms with Crippen LogP contribution in [0.15, 0.2) is 16.5 Å². The first-order valence-electron chi connectivity index (χ1n) is 7.84. The maximum atomic E-state index is 5.97. The molecular weight excluding hydrogens is 236 g/mol. The second-order valence-corrected chi connectivity index (χ2v) is 6.75. The average molecular weight is 260 g/mol. The van der Waals surface area contributed by atoms with Crippen molar-refractivity contribution in [3.05, 3.63) is 23.7 Å². The minimum absolute atomic E-state index is 0.677. The molecule has 1 aromatic heterocycles. The summed E-state index contributed by atoms with van der Waals surface area (Å²) in [5, 5.41) is 3.72. The summed E-state index contributed by atoms with van der Waals surface area (Å²) in [5.41, 5.74) is 0. The molecule has 1 N–H and O–H groups in total. The topological polar surface area (TPSA) is 28.4 Å². The lowest BCUT2D eigenvalue weighted by atomic mass is 9.84. The van der Waals surface area contributed by atoms with E-state index in [-0.39, 0.29) is 0 Å². The van der Waals surface area contributed by atoms with Gasteiger partial charge in [-0.1, -0.05) is 6.92 Å². The van der Waals surface area contributed by atoms with Crippen molar-refractivity contribution in [2.24, 2.45) is 11.8 Å². The molecule has 4 fully saturated rings. The van der Waals surface area contributed by atoms with E-state index in [1.165, 1.54) is 44.7 Å². The molecule has 19 heavy (non-hydrogen) atoms. The van der Waals surface area contributed by atoms with E-state index in [0.717, 1.165) is 24.1 Å². The van der Waals surface area contributed by atoms with Gasteiger partial charge in [0.2, 0.25) is 0 Å². The van der Waals surface area contributed by atoms with Crippen molar-refractivity contribution in [2.45, 2.75) is 44.7 Å². The maximum Gasteiger partial charge on any atom is 0.117 e. The van der Waals surface area contributed by atoms with E-state index in [0.29, 0.717) is 12.0 Å². The van der Waals surface area contributed by atoms with Gasteiger partial charge >= 0.3 is 0 Å². The molecule has 3 unspecified atom stereocenters. The van der Waals surface area contributed by atoms with Crippen LogP contribution in [0.1, 0.15) is 43.6 Å². The van der Waals surface area contributed by atoms with Crippen LogP contribution in [0.25, 0.3) is 0 Å². The molecule has 4 aliphatic rings.